The molecule has 1 aliphatic heterocycles. The highest BCUT2D eigenvalue weighted by atomic mass is 16.5. The molecule has 0 aliphatic carbocycles. The van der Waals surface area contributed by atoms with E-state index in [1.54, 1.807) is 0 Å². The van der Waals surface area contributed by atoms with Crippen molar-refractivity contribution in [3.05, 3.63) is 24.3 Å². The molecule has 0 aromatic heterocycles. The van der Waals surface area contributed by atoms with Gasteiger partial charge in [0.15, 0.2) is 0 Å². The van der Waals surface area contributed by atoms with Crippen molar-refractivity contribution in [2.75, 3.05) is 32.8 Å². The molecule has 1 rings (SSSR count). The highest BCUT2D eigenvalue weighted by Gasteiger charge is 2.38. The standard InChI is InChI=1S/C47H86N2O5/c1-5-8-11-14-17-19-21-23-25-27-30-35-44(50)48-39-47(40-49-38-33-34-43(49)4,41-53-45(51)36-31-28-16-13-10-7-3)42-54-46(52)37-32-29-26-24-22-20-18-15-12-9-6-2/h14-15,17-18,43H,5-13,16,19-42H2,1-4H3,(H,48,50)/b17-14-,18-15-. The van der Waals surface area contributed by atoms with E-state index in [-0.39, 0.29) is 31.1 Å². The van der Waals surface area contributed by atoms with Crippen LogP contribution in [-0.2, 0) is 23.9 Å². The average Bonchev–Trinajstić information content (AvgIpc) is 3.57. The highest BCUT2D eigenvalue weighted by molar-refractivity contribution is 5.76. The number of likely N-dealkylation sites (tertiary alicyclic amines) is 1. The Morgan fingerprint density at radius 3 is 1.48 bits per heavy atom. The summed E-state index contributed by atoms with van der Waals surface area (Å²) in [6, 6.07) is 0.397. The fourth-order valence-corrected chi connectivity index (χ4v) is 7.24. The molecular formula is C47H86N2O5. The molecule has 2 unspecified atom stereocenters. The zero-order valence-corrected chi connectivity index (χ0v) is 35.9. The van der Waals surface area contributed by atoms with Crippen molar-refractivity contribution in [2.24, 2.45) is 5.41 Å². The van der Waals surface area contributed by atoms with Crippen LogP contribution in [-0.4, -0.2) is 61.6 Å². The Hall–Kier alpha value is -2.15. The molecular weight excluding hydrogens is 673 g/mol. The van der Waals surface area contributed by atoms with E-state index in [1.165, 1.54) is 83.5 Å². The van der Waals surface area contributed by atoms with Gasteiger partial charge in [0.05, 0.1) is 5.41 Å². The van der Waals surface area contributed by atoms with Crippen molar-refractivity contribution in [1.29, 1.82) is 0 Å². The van der Waals surface area contributed by atoms with E-state index in [1.807, 2.05) is 0 Å². The van der Waals surface area contributed by atoms with E-state index >= 15 is 0 Å². The lowest BCUT2D eigenvalue weighted by Gasteiger charge is -2.37. The Bertz CT molecular complexity index is 931. The third-order valence-corrected chi connectivity index (χ3v) is 11.0. The van der Waals surface area contributed by atoms with E-state index in [0.717, 1.165) is 90.0 Å². The van der Waals surface area contributed by atoms with E-state index < -0.39 is 5.41 Å². The molecule has 0 spiro atoms. The zero-order valence-electron chi connectivity index (χ0n) is 35.9. The maximum atomic E-state index is 13.2. The van der Waals surface area contributed by atoms with Crippen LogP contribution in [0.5, 0.6) is 0 Å². The summed E-state index contributed by atoms with van der Waals surface area (Å²) < 4.78 is 12.0. The van der Waals surface area contributed by atoms with Crippen molar-refractivity contribution in [3.8, 4) is 0 Å². The van der Waals surface area contributed by atoms with Gasteiger partial charge in [0.1, 0.15) is 13.2 Å². The van der Waals surface area contributed by atoms with Crippen LogP contribution in [0.2, 0.25) is 0 Å². The van der Waals surface area contributed by atoms with Crippen molar-refractivity contribution in [1.82, 2.24) is 10.2 Å². The van der Waals surface area contributed by atoms with Crippen LogP contribution in [0.25, 0.3) is 0 Å². The van der Waals surface area contributed by atoms with Gasteiger partial charge in [-0.15, -0.1) is 0 Å². The number of rotatable bonds is 37. The fourth-order valence-electron chi connectivity index (χ4n) is 7.24. The number of hydrogen-bond donors (Lipinski definition) is 1. The largest absolute Gasteiger partial charge is 0.465 e. The lowest BCUT2D eigenvalue weighted by molar-refractivity contribution is -0.155. The van der Waals surface area contributed by atoms with Crippen LogP contribution in [0.3, 0.4) is 0 Å². The van der Waals surface area contributed by atoms with Gasteiger partial charge in [-0.1, -0.05) is 141 Å². The first-order chi connectivity index (χ1) is 26.4. The molecule has 314 valence electrons. The van der Waals surface area contributed by atoms with Gasteiger partial charge in [-0.2, -0.15) is 0 Å². The molecule has 0 aromatic carbocycles. The van der Waals surface area contributed by atoms with Gasteiger partial charge < -0.3 is 14.8 Å². The maximum absolute atomic E-state index is 13.2. The lowest BCUT2D eigenvalue weighted by atomic mass is 9.88. The minimum absolute atomic E-state index is 0.0221. The molecule has 7 heteroatoms. The summed E-state index contributed by atoms with van der Waals surface area (Å²) in [6.07, 6.45) is 39.9. The second kappa shape index (κ2) is 35.3. The molecule has 0 radical (unpaired) electrons. The molecule has 1 fully saturated rings. The number of hydrogen-bond acceptors (Lipinski definition) is 6. The Balaban J connectivity index is 2.72. The number of carbonyl (C=O) groups is 3. The summed E-state index contributed by atoms with van der Waals surface area (Å²) in [7, 11) is 0. The quantitative estimate of drug-likeness (QED) is 0.0386. The van der Waals surface area contributed by atoms with Gasteiger partial charge in [-0.25, -0.2) is 0 Å². The Morgan fingerprint density at radius 1 is 0.593 bits per heavy atom. The molecule has 0 aromatic rings. The van der Waals surface area contributed by atoms with Gasteiger partial charge in [-0.3, -0.25) is 19.3 Å². The van der Waals surface area contributed by atoms with Crippen LogP contribution in [0.15, 0.2) is 24.3 Å². The van der Waals surface area contributed by atoms with Crippen LogP contribution in [0, 0.1) is 5.41 Å². The minimum Gasteiger partial charge on any atom is -0.465 e. The van der Waals surface area contributed by atoms with Crippen LogP contribution in [0.1, 0.15) is 214 Å². The number of nitrogens with one attached hydrogen (secondary N) is 1. The van der Waals surface area contributed by atoms with E-state index in [9.17, 15) is 14.4 Å². The van der Waals surface area contributed by atoms with Crippen molar-refractivity contribution in [2.45, 2.75) is 220 Å². The fraction of sp³-hybridized carbons (Fsp3) is 0.851. The van der Waals surface area contributed by atoms with E-state index in [2.05, 4.69) is 62.2 Å². The summed E-state index contributed by atoms with van der Waals surface area (Å²) in [5.74, 6) is -0.377. The van der Waals surface area contributed by atoms with Crippen LogP contribution >= 0.6 is 0 Å². The third kappa shape index (κ3) is 28.3. The molecule has 1 saturated heterocycles. The summed E-state index contributed by atoms with van der Waals surface area (Å²) >= 11 is 0. The molecule has 1 amide bonds. The number of ether oxygens (including phenoxy) is 2. The van der Waals surface area contributed by atoms with Gasteiger partial charge in [-0.05, 0) is 84.1 Å². The van der Waals surface area contributed by atoms with Gasteiger partial charge in [0.25, 0.3) is 0 Å². The number of allylic oxidation sites excluding steroid dienone is 4. The number of amides is 1. The lowest BCUT2D eigenvalue weighted by Crippen LogP contribution is -2.52. The van der Waals surface area contributed by atoms with Gasteiger partial charge in [0, 0.05) is 38.4 Å². The molecule has 2 atom stereocenters. The molecule has 1 N–H and O–H groups in total. The molecule has 1 heterocycles. The summed E-state index contributed by atoms with van der Waals surface area (Å²) in [6.45, 7) is 11.1. The zero-order chi connectivity index (χ0) is 39.4. The number of esters is 2. The SMILES string of the molecule is CCCC/C=C\CCCCCCCC(=O)NCC(COC(=O)CCCCCCCC)(COC(=O)CCCCCCC/C=C\CCCC)CN1CCCC1C. The second-order valence-electron chi connectivity index (χ2n) is 16.4. The highest BCUT2D eigenvalue weighted by Crippen LogP contribution is 2.27. The third-order valence-electron chi connectivity index (χ3n) is 11.0. The Labute approximate surface area is 333 Å². The van der Waals surface area contributed by atoms with E-state index in [0.29, 0.717) is 38.4 Å². The van der Waals surface area contributed by atoms with E-state index in [4.69, 9.17) is 9.47 Å². The first-order valence-electron chi connectivity index (χ1n) is 23.0. The first kappa shape index (κ1) is 49.9. The van der Waals surface area contributed by atoms with Crippen LogP contribution < -0.4 is 5.32 Å². The molecule has 0 saturated carbocycles. The van der Waals surface area contributed by atoms with Crippen molar-refractivity contribution in [3.63, 3.8) is 0 Å². The molecule has 7 nitrogen and oxygen atoms in total. The molecule has 0 bridgehead atoms. The second-order valence-corrected chi connectivity index (χ2v) is 16.4. The van der Waals surface area contributed by atoms with Gasteiger partial charge >= 0.3 is 11.9 Å². The predicted octanol–water partition coefficient (Wildman–Crippen LogP) is 12.4. The number of nitrogens with zero attached hydrogens (tertiary/aromatic N) is 1. The summed E-state index contributed by atoms with van der Waals surface area (Å²) in [4.78, 5) is 41.6. The average molecular weight is 759 g/mol. The monoisotopic (exact) mass is 759 g/mol. The number of carbonyl (C=O) groups excluding carboxylic acids is 3. The van der Waals surface area contributed by atoms with Crippen molar-refractivity contribution < 1.29 is 23.9 Å². The van der Waals surface area contributed by atoms with Crippen molar-refractivity contribution >= 4 is 17.8 Å². The Morgan fingerprint density at radius 2 is 1.02 bits per heavy atom. The van der Waals surface area contributed by atoms with Crippen LogP contribution in [0.4, 0.5) is 0 Å². The summed E-state index contributed by atoms with van der Waals surface area (Å²) in [5.41, 5.74) is -0.698. The van der Waals surface area contributed by atoms with Gasteiger partial charge in [0.2, 0.25) is 5.91 Å². The molecule has 1 aliphatic rings. The summed E-state index contributed by atoms with van der Waals surface area (Å²) in [5, 5.41) is 3.20. The normalized spacial score (nSPS) is 16.0. The molecule has 54 heavy (non-hydrogen) atoms. The minimum atomic E-state index is -0.698. The smallest absolute Gasteiger partial charge is 0.305 e. The topological polar surface area (TPSA) is 84.9 Å². The Kier molecular flexibility index (Phi) is 32.6. The maximum Gasteiger partial charge on any atom is 0.305 e. The predicted molar refractivity (Wildman–Crippen MR) is 228 cm³/mol. The first-order valence-corrected chi connectivity index (χ1v) is 23.0. The number of unbranched alkanes of at least 4 members (excludes halogenated alkanes) is 19.